The molecule has 1 N–H and O–H groups in total. The van der Waals surface area contributed by atoms with Crippen molar-refractivity contribution in [3.05, 3.63) is 83.9 Å². The number of hydrogen-bond donors (Lipinski definition) is 1. The fourth-order valence-electron chi connectivity index (χ4n) is 3.82. The maximum absolute atomic E-state index is 13.2. The number of carbonyl (C=O) groups is 1. The predicted octanol–water partition coefficient (Wildman–Crippen LogP) is 4.50. The molecule has 0 unspecified atom stereocenters. The molecule has 1 saturated heterocycles. The first-order valence-corrected chi connectivity index (χ1v) is 12.3. The van der Waals surface area contributed by atoms with Crippen molar-refractivity contribution < 1.29 is 35.5 Å². The summed E-state index contributed by atoms with van der Waals surface area (Å²) in [6.07, 6.45) is -2.79. The van der Waals surface area contributed by atoms with Gasteiger partial charge in [-0.2, -0.15) is 17.5 Å². The topological polar surface area (TPSA) is 88.6 Å². The molecule has 4 rings (SSSR count). The normalized spacial score (nSPS) is 16.6. The van der Waals surface area contributed by atoms with E-state index in [9.17, 15) is 30.8 Å². The first kappa shape index (κ1) is 25.6. The molecule has 2 aromatic carbocycles. The lowest BCUT2D eigenvalue weighted by atomic mass is 10.2. The van der Waals surface area contributed by atoms with Crippen molar-refractivity contribution in [3.8, 4) is 11.5 Å². The molecule has 1 fully saturated rings. The zero-order valence-corrected chi connectivity index (χ0v) is 19.5. The average Bonchev–Trinajstić information content (AvgIpc) is 3.34. The Hall–Kier alpha value is -3.51. The molecule has 1 aliphatic heterocycles. The number of aromatic nitrogens is 1. The maximum Gasteiger partial charge on any atom is 0.433 e. The summed E-state index contributed by atoms with van der Waals surface area (Å²) in [4.78, 5) is 16.0. The van der Waals surface area contributed by atoms with Crippen LogP contribution in [-0.2, 0) is 27.5 Å². The summed E-state index contributed by atoms with van der Waals surface area (Å²) in [5, 5.41) is 2.70. The zero-order chi connectivity index (χ0) is 25.9. The van der Waals surface area contributed by atoms with Crippen LogP contribution in [-0.4, -0.2) is 36.2 Å². The van der Waals surface area contributed by atoms with Crippen molar-refractivity contribution in [1.29, 1.82) is 0 Å². The number of halogens is 4. The van der Waals surface area contributed by atoms with Gasteiger partial charge in [-0.05, 0) is 60.9 Å². The number of nitrogens with zero attached hydrogens (tertiary/aromatic N) is 2. The molecule has 1 aliphatic rings. The Bertz CT molecular complexity index is 1350. The number of benzene rings is 2. The third-order valence-corrected chi connectivity index (χ3v) is 7.47. The summed E-state index contributed by atoms with van der Waals surface area (Å²) < 4.78 is 84.4. The third-order valence-electron chi connectivity index (χ3n) is 5.55. The van der Waals surface area contributed by atoms with Gasteiger partial charge >= 0.3 is 6.18 Å². The molecule has 1 atom stereocenters. The van der Waals surface area contributed by atoms with Gasteiger partial charge in [0.1, 0.15) is 29.1 Å². The van der Waals surface area contributed by atoms with E-state index < -0.39 is 39.7 Å². The summed E-state index contributed by atoms with van der Waals surface area (Å²) in [6, 6.07) is 12.0. The highest BCUT2D eigenvalue weighted by atomic mass is 32.2. The molecule has 0 spiro atoms. The van der Waals surface area contributed by atoms with Crippen molar-refractivity contribution in [1.82, 2.24) is 14.6 Å². The van der Waals surface area contributed by atoms with Gasteiger partial charge in [-0.25, -0.2) is 12.8 Å². The highest BCUT2D eigenvalue weighted by molar-refractivity contribution is 7.89. The Morgan fingerprint density at radius 3 is 2.53 bits per heavy atom. The van der Waals surface area contributed by atoms with E-state index in [0.717, 1.165) is 40.8 Å². The van der Waals surface area contributed by atoms with Gasteiger partial charge in [0.15, 0.2) is 0 Å². The lowest BCUT2D eigenvalue weighted by Gasteiger charge is -2.23. The average molecular weight is 524 g/mol. The van der Waals surface area contributed by atoms with Gasteiger partial charge in [0.05, 0.1) is 4.90 Å². The lowest BCUT2D eigenvalue weighted by molar-refractivity contribution is -0.141. The molecular weight excluding hydrogens is 502 g/mol. The summed E-state index contributed by atoms with van der Waals surface area (Å²) in [5.74, 6) is -0.859. The zero-order valence-electron chi connectivity index (χ0n) is 18.7. The molecule has 0 bridgehead atoms. The second-order valence-corrected chi connectivity index (χ2v) is 9.96. The SMILES string of the molecule is O=C(NCc1cccc(Oc2ccnc(C(F)(F)F)c2)c1)[C@@H]1CCCN1S(=O)(=O)c1ccc(F)cc1. The van der Waals surface area contributed by atoms with Crippen LogP contribution in [0.25, 0.3) is 0 Å². The fraction of sp³-hybridized carbons (Fsp3) is 0.250. The summed E-state index contributed by atoms with van der Waals surface area (Å²) in [6.45, 7) is 0.202. The first-order chi connectivity index (χ1) is 17.0. The van der Waals surface area contributed by atoms with Gasteiger partial charge in [-0.1, -0.05) is 12.1 Å². The van der Waals surface area contributed by atoms with E-state index in [1.54, 1.807) is 24.3 Å². The van der Waals surface area contributed by atoms with E-state index in [-0.39, 0.29) is 29.5 Å². The smallest absolute Gasteiger partial charge is 0.433 e. The number of pyridine rings is 1. The van der Waals surface area contributed by atoms with Crippen molar-refractivity contribution in [2.24, 2.45) is 0 Å². The number of alkyl halides is 3. The van der Waals surface area contributed by atoms with E-state index in [2.05, 4.69) is 10.3 Å². The van der Waals surface area contributed by atoms with Crippen molar-refractivity contribution in [2.75, 3.05) is 6.54 Å². The molecule has 0 aliphatic carbocycles. The molecular formula is C24H21F4N3O4S. The molecule has 2 heterocycles. The van der Waals surface area contributed by atoms with Crippen LogP contribution >= 0.6 is 0 Å². The van der Waals surface area contributed by atoms with E-state index >= 15 is 0 Å². The molecule has 0 radical (unpaired) electrons. The van der Waals surface area contributed by atoms with E-state index in [1.165, 1.54) is 6.07 Å². The van der Waals surface area contributed by atoms with Crippen LogP contribution in [0, 0.1) is 5.82 Å². The Balaban J connectivity index is 1.41. The molecule has 0 saturated carbocycles. The van der Waals surface area contributed by atoms with Crippen LogP contribution < -0.4 is 10.1 Å². The first-order valence-electron chi connectivity index (χ1n) is 10.9. The van der Waals surface area contributed by atoms with Gasteiger partial charge in [0, 0.05) is 25.4 Å². The van der Waals surface area contributed by atoms with Gasteiger partial charge in [0.2, 0.25) is 15.9 Å². The van der Waals surface area contributed by atoms with Crippen molar-refractivity contribution in [2.45, 2.75) is 36.5 Å². The molecule has 1 aromatic heterocycles. The van der Waals surface area contributed by atoms with Gasteiger partial charge in [-0.3, -0.25) is 9.78 Å². The number of nitrogens with one attached hydrogen (secondary N) is 1. The summed E-state index contributed by atoms with van der Waals surface area (Å²) in [5.41, 5.74) is -0.489. The summed E-state index contributed by atoms with van der Waals surface area (Å²) >= 11 is 0. The van der Waals surface area contributed by atoms with Crippen molar-refractivity contribution in [3.63, 3.8) is 0 Å². The maximum atomic E-state index is 13.2. The second kappa shape index (κ2) is 10.2. The highest BCUT2D eigenvalue weighted by Gasteiger charge is 2.39. The number of amides is 1. The Labute approximate surface area is 204 Å². The standard InChI is InChI=1S/C24H21F4N3O4S/c25-17-6-8-20(9-7-17)36(33,34)31-12-2-5-21(31)23(32)30-15-16-3-1-4-18(13-16)35-19-10-11-29-22(14-19)24(26,27)28/h1,3-4,6-11,13-14,21H,2,5,12,15H2,(H,30,32)/t21-/m0/s1. The molecule has 3 aromatic rings. The minimum absolute atomic E-state index is 0.0428. The molecule has 7 nitrogen and oxygen atoms in total. The molecule has 190 valence electrons. The predicted molar refractivity (Wildman–Crippen MR) is 121 cm³/mol. The number of carbonyl (C=O) groups excluding carboxylic acids is 1. The minimum Gasteiger partial charge on any atom is -0.457 e. The molecule has 12 heteroatoms. The van der Waals surface area contributed by atoms with E-state index in [1.807, 2.05) is 0 Å². The Morgan fingerprint density at radius 2 is 1.81 bits per heavy atom. The van der Waals surface area contributed by atoms with Crippen LogP contribution in [0.1, 0.15) is 24.1 Å². The number of hydrogen-bond acceptors (Lipinski definition) is 5. The minimum atomic E-state index is -4.61. The quantitative estimate of drug-likeness (QED) is 0.461. The second-order valence-electron chi connectivity index (χ2n) is 8.07. The van der Waals surface area contributed by atoms with Crippen LogP contribution in [0.4, 0.5) is 17.6 Å². The lowest BCUT2D eigenvalue weighted by Crippen LogP contribution is -2.45. The third kappa shape index (κ3) is 5.82. The highest BCUT2D eigenvalue weighted by Crippen LogP contribution is 2.31. The van der Waals surface area contributed by atoms with Crippen LogP contribution in [0.2, 0.25) is 0 Å². The fourth-order valence-corrected chi connectivity index (χ4v) is 5.48. The number of ether oxygens (including phenoxy) is 1. The number of rotatable bonds is 7. The van der Waals surface area contributed by atoms with Gasteiger partial charge in [-0.15, -0.1) is 0 Å². The monoisotopic (exact) mass is 523 g/mol. The largest absolute Gasteiger partial charge is 0.457 e. The molecule has 36 heavy (non-hydrogen) atoms. The Kier molecular flexibility index (Phi) is 7.27. The number of sulfonamides is 1. The summed E-state index contributed by atoms with van der Waals surface area (Å²) in [7, 11) is -3.99. The van der Waals surface area contributed by atoms with E-state index in [4.69, 9.17) is 4.74 Å². The van der Waals surface area contributed by atoms with Crippen LogP contribution in [0.15, 0.2) is 71.8 Å². The van der Waals surface area contributed by atoms with E-state index in [0.29, 0.717) is 18.4 Å². The van der Waals surface area contributed by atoms with Crippen LogP contribution in [0.5, 0.6) is 11.5 Å². The molecule has 1 amide bonds. The van der Waals surface area contributed by atoms with Crippen LogP contribution in [0.3, 0.4) is 0 Å². The van der Waals surface area contributed by atoms with Crippen molar-refractivity contribution >= 4 is 15.9 Å². The van der Waals surface area contributed by atoms with Gasteiger partial charge in [0.25, 0.3) is 0 Å². The van der Waals surface area contributed by atoms with Gasteiger partial charge < -0.3 is 10.1 Å². The Morgan fingerprint density at radius 1 is 1.08 bits per heavy atom.